The van der Waals surface area contributed by atoms with Crippen LogP contribution in [0, 0.1) is 5.82 Å². The fraction of sp³-hybridized carbons (Fsp3) is 0.370. The predicted octanol–water partition coefficient (Wildman–Crippen LogP) is 3.78. The minimum Gasteiger partial charge on any atom is -0.396 e. The maximum atomic E-state index is 14.6. The number of Topliss-reactive ketones (excluding diaryl/α,β-unsaturated/α-hetero) is 1. The number of halogens is 1. The van der Waals surface area contributed by atoms with Crippen LogP contribution in [0.2, 0.25) is 0 Å². The normalized spacial score (nSPS) is 14.1. The van der Waals surface area contributed by atoms with Crippen LogP contribution in [0.3, 0.4) is 0 Å². The first-order valence-electron chi connectivity index (χ1n) is 12.0. The van der Waals surface area contributed by atoms with Gasteiger partial charge in [-0.25, -0.2) is 14.4 Å². The predicted molar refractivity (Wildman–Crippen MR) is 133 cm³/mol. The topological polar surface area (TPSA) is 87.6 Å². The highest BCUT2D eigenvalue weighted by Crippen LogP contribution is 2.23. The molecule has 8 heteroatoms. The summed E-state index contributed by atoms with van der Waals surface area (Å²) < 4.78 is 20.0. The van der Waals surface area contributed by atoms with Gasteiger partial charge in [-0.2, -0.15) is 0 Å². The van der Waals surface area contributed by atoms with E-state index in [9.17, 15) is 9.18 Å². The van der Waals surface area contributed by atoms with Crippen LogP contribution >= 0.6 is 0 Å². The van der Waals surface area contributed by atoms with Crippen molar-refractivity contribution < 1.29 is 19.0 Å². The maximum Gasteiger partial charge on any atom is 0.184 e. The summed E-state index contributed by atoms with van der Waals surface area (Å²) in [4.78, 5) is 23.5. The molecule has 1 aliphatic heterocycles. The zero-order chi connectivity index (χ0) is 24.5. The molecule has 184 valence electrons. The number of aliphatic hydroxyl groups is 1. The van der Waals surface area contributed by atoms with Crippen LogP contribution in [0.5, 0.6) is 0 Å². The first kappa shape index (κ1) is 24.9. The lowest BCUT2D eigenvalue weighted by molar-refractivity contribution is 0.0384. The summed E-state index contributed by atoms with van der Waals surface area (Å²) >= 11 is 0. The molecular formula is C27H31FN4O3. The molecule has 3 aromatic rings. The minimum absolute atomic E-state index is 0.0286. The lowest BCUT2D eigenvalue weighted by Crippen LogP contribution is -2.37. The van der Waals surface area contributed by atoms with Crippen LogP contribution in [0.4, 0.5) is 15.9 Å². The van der Waals surface area contributed by atoms with Crippen LogP contribution in [-0.2, 0) is 17.6 Å². The Bertz CT molecular complexity index is 1130. The summed E-state index contributed by atoms with van der Waals surface area (Å²) in [5.41, 5.74) is 3.21. The number of hydrogen-bond acceptors (Lipinski definition) is 7. The number of carbonyl (C=O) groups is 1. The molecular weight excluding hydrogens is 447 g/mol. The number of carbonyl (C=O) groups excluding carboxylic acids is 1. The molecule has 0 atom stereocenters. The monoisotopic (exact) mass is 478 g/mol. The van der Waals surface area contributed by atoms with Gasteiger partial charge in [0.15, 0.2) is 17.4 Å². The number of nitrogens with one attached hydrogen (secondary N) is 1. The molecule has 7 nitrogen and oxygen atoms in total. The van der Waals surface area contributed by atoms with Crippen LogP contribution in [0.1, 0.15) is 40.2 Å². The Balaban J connectivity index is 1.44. The van der Waals surface area contributed by atoms with Gasteiger partial charge in [-0.15, -0.1) is 0 Å². The van der Waals surface area contributed by atoms with Crippen LogP contribution in [0.15, 0.2) is 54.7 Å². The first-order chi connectivity index (χ1) is 17.1. The van der Waals surface area contributed by atoms with E-state index < -0.39 is 5.82 Å². The number of benzene rings is 2. The summed E-state index contributed by atoms with van der Waals surface area (Å²) in [6.07, 6.45) is 3.17. The third-order valence-corrected chi connectivity index (χ3v) is 6.01. The molecule has 2 heterocycles. The Morgan fingerprint density at radius 2 is 1.91 bits per heavy atom. The second kappa shape index (κ2) is 12.5. The fourth-order valence-corrected chi connectivity index (χ4v) is 4.10. The second-order valence-electron chi connectivity index (χ2n) is 8.60. The lowest BCUT2D eigenvalue weighted by atomic mass is 10.0. The SMILES string of the molecule is O=C(CCCO)c1ccccc1Nc1nc(Cc2cccc(CCN3CCOCC3)c2)ncc1F. The minimum atomic E-state index is -0.592. The van der Waals surface area contributed by atoms with Gasteiger partial charge < -0.3 is 15.2 Å². The third-order valence-electron chi connectivity index (χ3n) is 6.01. The number of ketones is 1. The fourth-order valence-electron chi connectivity index (χ4n) is 4.10. The van der Waals surface area contributed by atoms with Gasteiger partial charge in [-0.05, 0) is 36.1 Å². The molecule has 0 bridgehead atoms. The summed E-state index contributed by atoms with van der Waals surface area (Å²) in [6.45, 7) is 4.45. The summed E-state index contributed by atoms with van der Waals surface area (Å²) in [6, 6.07) is 15.2. The molecule has 35 heavy (non-hydrogen) atoms. The van der Waals surface area contributed by atoms with Gasteiger partial charge in [-0.1, -0.05) is 36.4 Å². The van der Waals surface area contributed by atoms with E-state index in [1.54, 1.807) is 24.3 Å². The second-order valence-corrected chi connectivity index (χ2v) is 8.60. The smallest absolute Gasteiger partial charge is 0.184 e. The van der Waals surface area contributed by atoms with Gasteiger partial charge >= 0.3 is 0 Å². The van der Waals surface area contributed by atoms with E-state index in [1.165, 1.54) is 5.56 Å². The number of ether oxygens (including phenoxy) is 1. The molecule has 0 spiro atoms. The molecule has 1 aliphatic rings. The van der Waals surface area contributed by atoms with Gasteiger partial charge in [0.2, 0.25) is 0 Å². The number of rotatable bonds is 11. The van der Waals surface area contributed by atoms with Gasteiger partial charge in [0.1, 0.15) is 5.82 Å². The number of nitrogens with zero attached hydrogens (tertiary/aromatic N) is 3. The average molecular weight is 479 g/mol. The average Bonchev–Trinajstić information content (AvgIpc) is 2.89. The highest BCUT2D eigenvalue weighted by Gasteiger charge is 2.15. The Hall–Kier alpha value is -3.20. The number of para-hydroxylation sites is 1. The maximum absolute atomic E-state index is 14.6. The van der Waals surface area contributed by atoms with Gasteiger partial charge in [-0.3, -0.25) is 9.69 Å². The number of morpholine rings is 1. The van der Waals surface area contributed by atoms with E-state index in [2.05, 4.69) is 32.3 Å². The molecule has 0 radical (unpaired) electrons. The van der Waals surface area contributed by atoms with E-state index in [1.807, 2.05) is 12.1 Å². The highest BCUT2D eigenvalue weighted by atomic mass is 19.1. The van der Waals surface area contributed by atoms with Crippen LogP contribution in [-0.4, -0.2) is 65.2 Å². The van der Waals surface area contributed by atoms with Crippen molar-refractivity contribution in [2.75, 3.05) is 44.8 Å². The van der Waals surface area contributed by atoms with E-state index in [4.69, 9.17) is 9.84 Å². The first-order valence-corrected chi connectivity index (χ1v) is 12.0. The number of hydrogen-bond donors (Lipinski definition) is 2. The zero-order valence-electron chi connectivity index (χ0n) is 19.8. The number of anilines is 2. The van der Waals surface area contributed by atoms with Gasteiger partial charge in [0.05, 0.1) is 25.1 Å². The Morgan fingerprint density at radius 1 is 1.11 bits per heavy atom. The van der Waals surface area contributed by atoms with E-state index >= 15 is 0 Å². The molecule has 1 aromatic heterocycles. The molecule has 0 aliphatic carbocycles. The van der Waals surface area contributed by atoms with E-state index in [0.717, 1.165) is 51.0 Å². The molecule has 0 amide bonds. The van der Waals surface area contributed by atoms with E-state index in [-0.39, 0.29) is 24.6 Å². The summed E-state index contributed by atoms with van der Waals surface area (Å²) in [7, 11) is 0. The molecule has 0 saturated carbocycles. The number of aromatic nitrogens is 2. The van der Waals surface area contributed by atoms with Crippen molar-refractivity contribution >= 4 is 17.3 Å². The largest absolute Gasteiger partial charge is 0.396 e. The molecule has 2 aromatic carbocycles. The van der Waals surface area contributed by atoms with Crippen molar-refractivity contribution in [1.29, 1.82) is 0 Å². The highest BCUT2D eigenvalue weighted by molar-refractivity contribution is 6.01. The van der Waals surface area contributed by atoms with Crippen molar-refractivity contribution in [3.63, 3.8) is 0 Å². The quantitative estimate of drug-likeness (QED) is 0.406. The third kappa shape index (κ3) is 7.14. The molecule has 4 rings (SSSR count). The molecule has 1 saturated heterocycles. The van der Waals surface area contributed by atoms with Crippen molar-refractivity contribution in [3.05, 3.63) is 83.1 Å². The van der Waals surface area contributed by atoms with Crippen molar-refractivity contribution in [2.24, 2.45) is 0 Å². The standard InChI is InChI=1S/C27H31FN4O3/c28-23-19-29-26(18-21-6-3-5-20(17-21)10-11-32-12-15-35-16-13-32)31-27(23)30-24-8-2-1-7-22(24)25(34)9-4-14-33/h1-3,5-8,17,19,33H,4,9-16,18H2,(H,29,30,31). The molecule has 0 unspecified atom stereocenters. The summed E-state index contributed by atoms with van der Waals surface area (Å²) in [5.74, 6) is -0.194. The molecule has 1 fully saturated rings. The van der Waals surface area contributed by atoms with Crippen LogP contribution < -0.4 is 5.32 Å². The Labute approximate surface area is 205 Å². The van der Waals surface area contributed by atoms with Gasteiger partial charge in [0.25, 0.3) is 0 Å². The Morgan fingerprint density at radius 3 is 2.74 bits per heavy atom. The van der Waals surface area contributed by atoms with E-state index in [0.29, 0.717) is 29.9 Å². The van der Waals surface area contributed by atoms with Gasteiger partial charge in [0, 0.05) is 44.6 Å². The van der Waals surface area contributed by atoms with Crippen molar-refractivity contribution in [3.8, 4) is 0 Å². The van der Waals surface area contributed by atoms with Crippen molar-refractivity contribution in [1.82, 2.24) is 14.9 Å². The Kier molecular flexibility index (Phi) is 8.89. The van der Waals surface area contributed by atoms with Crippen molar-refractivity contribution in [2.45, 2.75) is 25.7 Å². The number of aliphatic hydroxyl groups excluding tert-OH is 1. The van der Waals surface area contributed by atoms with Crippen LogP contribution in [0.25, 0.3) is 0 Å². The lowest BCUT2D eigenvalue weighted by Gasteiger charge is -2.26. The summed E-state index contributed by atoms with van der Waals surface area (Å²) in [5, 5.41) is 12.0. The molecule has 2 N–H and O–H groups in total. The zero-order valence-corrected chi connectivity index (χ0v) is 19.8.